The van der Waals surface area contributed by atoms with E-state index in [1.165, 1.54) is 12.1 Å². The molecule has 2 aromatic carbocycles. The zero-order valence-electron chi connectivity index (χ0n) is 13.1. The first-order valence-corrected chi connectivity index (χ1v) is 7.85. The van der Waals surface area contributed by atoms with E-state index in [2.05, 4.69) is 10.6 Å². The van der Waals surface area contributed by atoms with E-state index in [-0.39, 0.29) is 30.5 Å². The number of carbonyl (C=O) groups excluding carboxylic acids is 1. The Hall–Kier alpha value is -2.60. The molecule has 124 valence electrons. The molecule has 2 aromatic rings. The Balaban J connectivity index is 1.50. The van der Waals surface area contributed by atoms with Crippen molar-refractivity contribution in [2.75, 3.05) is 11.9 Å². The van der Waals surface area contributed by atoms with E-state index >= 15 is 0 Å². The summed E-state index contributed by atoms with van der Waals surface area (Å²) in [5, 5.41) is 6.24. The van der Waals surface area contributed by atoms with Crippen LogP contribution < -0.4 is 20.1 Å². The number of fused-ring (bicyclic) bond motifs is 2. The maximum absolute atomic E-state index is 13.3. The summed E-state index contributed by atoms with van der Waals surface area (Å²) in [6, 6.07) is 10.3. The van der Waals surface area contributed by atoms with Crippen LogP contribution in [0.1, 0.15) is 24.1 Å². The number of nitrogens with one attached hydrogen (secondary N) is 2. The van der Waals surface area contributed by atoms with E-state index in [0.29, 0.717) is 23.7 Å². The summed E-state index contributed by atoms with van der Waals surface area (Å²) in [7, 11) is 0. The minimum atomic E-state index is -0.299. The van der Waals surface area contributed by atoms with Gasteiger partial charge in [0.1, 0.15) is 23.4 Å². The van der Waals surface area contributed by atoms with Crippen molar-refractivity contribution in [1.29, 1.82) is 0 Å². The number of hydrogen-bond donors (Lipinski definition) is 2. The number of benzene rings is 2. The second-order valence-corrected chi connectivity index (χ2v) is 6.03. The van der Waals surface area contributed by atoms with Crippen LogP contribution >= 0.6 is 0 Å². The molecule has 2 atom stereocenters. The molecule has 0 radical (unpaired) electrons. The normalized spacial score (nSPS) is 21.3. The second-order valence-electron chi connectivity index (χ2n) is 6.03. The first kappa shape index (κ1) is 15.0. The maximum Gasteiger partial charge on any atom is 0.262 e. The molecule has 5 nitrogen and oxygen atoms in total. The van der Waals surface area contributed by atoms with Crippen LogP contribution in [0.15, 0.2) is 36.4 Å². The molecule has 0 bridgehead atoms. The van der Waals surface area contributed by atoms with E-state index in [1.807, 2.05) is 25.1 Å². The lowest BCUT2D eigenvalue weighted by atomic mass is 10.0. The number of ether oxygens (including phenoxy) is 2. The Morgan fingerprint density at radius 1 is 1.25 bits per heavy atom. The molecule has 4 rings (SSSR count). The molecular formula is C18H17FN2O3. The highest BCUT2D eigenvalue weighted by Crippen LogP contribution is 2.37. The average Bonchev–Trinajstić information content (AvgIpc) is 2.86. The van der Waals surface area contributed by atoms with Gasteiger partial charge < -0.3 is 20.1 Å². The fourth-order valence-corrected chi connectivity index (χ4v) is 3.13. The van der Waals surface area contributed by atoms with Crippen LogP contribution in [0.3, 0.4) is 0 Å². The highest BCUT2D eigenvalue weighted by atomic mass is 19.1. The number of carbonyl (C=O) groups is 1. The number of rotatable bonds is 3. The lowest BCUT2D eigenvalue weighted by molar-refractivity contribution is -0.118. The van der Waals surface area contributed by atoms with Crippen LogP contribution in [0.2, 0.25) is 0 Å². The van der Waals surface area contributed by atoms with E-state index in [1.54, 1.807) is 6.07 Å². The molecule has 24 heavy (non-hydrogen) atoms. The molecule has 1 amide bonds. The minimum absolute atomic E-state index is 0.0116. The van der Waals surface area contributed by atoms with Gasteiger partial charge in [0, 0.05) is 18.2 Å². The van der Waals surface area contributed by atoms with Crippen LogP contribution in [0.4, 0.5) is 10.1 Å². The van der Waals surface area contributed by atoms with Gasteiger partial charge in [-0.3, -0.25) is 4.79 Å². The Kier molecular flexibility index (Phi) is 3.61. The SMILES string of the molecule is C[C@@H]1Oc2cc(F)ccc2[C@@H]1NCc1ccc2c(c1)NC(=O)CO2. The molecule has 0 aliphatic carbocycles. The molecule has 2 aliphatic heterocycles. The zero-order valence-corrected chi connectivity index (χ0v) is 13.1. The molecule has 0 saturated heterocycles. The van der Waals surface area contributed by atoms with Crippen LogP contribution in [0.25, 0.3) is 0 Å². The molecule has 0 unspecified atom stereocenters. The molecule has 0 spiro atoms. The third-order valence-corrected chi connectivity index (χ3v) is 4.30. The molecule has 0 aromatic heterocycles. The first-order chi connectivity index (χ1) is 11.6. The molecule has 0 saturated carbocycles. The summed E-state index contributed by atoms with van der Waals surface area (Å²) < 4.78 is 24.4. The van der Waals surface area contributed by atoms with Gasteiger partial charge in [-0.05, 0) is 30.7 Å². The van der Waals surface area contributed by atoms with Gasteiger partial charge in [-0.2, -0.15) is 0 Å². The predicted octanol–water partition coefficient (Wildman–Crippen LogP) is 2.77. The standard InChI is InChI=1S/C18H17FN2O3/c1-10-18(13-4-3-12(19)7-16(13)24-10)20-8-11-2-5-15-14(6-11)21-17(22)9-23-15/h2-7,10,18,20H,8-9H2,1H3,(H,21,22)/t10-,18+/m0/s1. The lowest BCUT2D eigenvalue weighted by Gasteiger charge is -2.20. The maximum atomic E-state index is 13.3. The molecule has 2 N–H and O–H groups in total. The monoisotopic (exact) mass is 328 g/mol. The largest absolute Gasteiger partial charge is 0.488 e. The van der Waals surface area contributed by atoms with Crippen LogP contribution in [-0.4, -0.2) is 18.6 Å². The molecule has 6 heteroatoms. The Bertz CT molecular complexity index is 809. The van der Waals surface area contributed by atoms with Gasteiger partial charge in [0.15, 0.2) is 6.61 Å². The number of halogens is 1. The third-order valence-electron chi connectivity index (χ3n) is 4.30. The highest BCUT2D eigenvalue weighted by molar-refractivity contribution is 5.95. The van der Waals surface area contributed by atoms with Crippen LogP contribution in [0, 0.1) is 5.82 Å². The van der Waals surface area contributed by atoms with E-state index in [9.17, 15) is 9.18 Å². The van der Waals surface area contributed by atoms with Crippen LogP contribution in [0.5, 0.6) is 11.5 Å². The summed E-state index contributed by atoms with van der Waals surface area (Å²) >= 11 is 0. The van der Waals surface area contributed by atoms with E-state index < -0.39 is 0 Å². The molecule has 2 aliphatic rings. The van der Waals surface area contributed by atoms with Gasteiger partial charge in [-0.15, -0.1) is 0 Å². The number of hydrogen-bond acceptors (Lipinski definition) is 4. The van der Waals surface area contributed by atoms with Crippen molar-refractivity contribution in [2.45, 2.75) is 25.6 Å². The number of amides is 1. The summed E-state index contributed by atoms with van der Waals surface area (Å²) in [4.78, 5) is 11.4. The third kappa shape index (κ3) is 2.69. The lowest BCUT2D eigenvalue weighted by Crippen LogP contribution is -2.29. The van der Waals surface area contributed by atoms with Gasteiger partial charge in [0.05, 0.1) is 11.7 Å². The number of anilines is 1. The topological polar surface area (TPSA) is 59.6 Å². The van der Waals surface area contributed by atoms with Crippen molar-refractivity contribution in [3.05, 3.63) is 53.3 Å². The van der Waals surface area contributed by atoms with Crippen molar-refractivity contribution in [3.63, 3.8) is 0 Å². The van der Waals surface area contributed by atoms with E-state index in [0.717, 1.165) is 11.1 Å². The Labute approximate surface area is 138 Å². The molecule has 2 heterocycles. The summed E-state index contributed by atoms with van der Waals surface area (Å²) in [6.07, 6.45) is -0.0811. The van der Waals surface area contributed by atoms with Crippen molar-refractivity contribution >= 4 is 11.6 Å². The average molecular weight is 328 g/mol. The van der Waals surface area contributed by atoms with Gasteiger partial charge in [-0.1, -0.05) is 12.1 Å². The van der Waals surface area contributed by atoms with Crippen molar-refractivity contribution in [3.8, 4) is 11.5 Å². The fraction of sp³-hybridized carbons (Fsp3) is 0.278. The van der Waals surface area contributed by atoms with E-state index in [4.69, 9.17) is 9.47 Å². The zero-order chi connectivity index (χ0) is 16.7. The second kappa shape index (κ2) is 5.79. The van der Waals surface area contributed by atoms with Gasteiger partial charge >= 0.3 is 0 Å². The molecular weight excluding hydrogens is 311 g/mol. The van der Waals surface area contributed by atoms with Gasteiger partial charge in [-0.25, -0.2) is 4.39 Å². The molecule has 0 fully saturated rings. The van der Waals surface area contributed by atoms with Crippen molar-refractivity contribution in [1.82, 2.24) is 5.32 Å². The van der Waals surface area contributed by atoms with Crippen molar-refractivity contribution in [2.24, 2.45) is 0 Å². The quantitative estimate of drug-likeness (QED) is 0.910. The highest BCUT2D eigenvalue weighted by Gasteiger charge is 2.31. The smallest absolute Gasteiger partial charge is 0.262 e. The van der Waals surface area contributed by atoms with Gasteiger partial charge in [0.2, 0.25) is 0 Å². The predicted molar refractivity (Wildman–Crippen MR) is 86.6 cm³/mol. The summed E-state index contributed by atoms with van der Waals surface area (Å²) in [6.45, 7) is 2.60. The Morgan fingerprint density at radius 2 is 2.12 bits per heavy atom. The summed E-state index contributed by atoms with van der Waals surface area (Å²) in [5.74, 6) is 0.816. The van der Waals surface area contributed by atoms with Crippen molar-refractivity contribution < 1.29 is 18.7 Å². The van der Waals surface area contributed by atoms with Crippen LogP contribution in [-0.2, 0) is 11.3 Å². The fourth-order valence-electron chi connectivity index (χ4n) is 3.13. The summed E-state index contributed by atoms with van der Waals surface area (Å²) in [5.41, 5.74) is 2.66. The van der Waals surface area contributed by atoms with Gasteiger partial charge in [0.25, 0.3) is 5.91 Å². The minimum Gasteiger partial charge on any atom is -0.488 e. The Morgan fingerprint density at radius 3 is 3.00 bits per heavy atom. The first-order valence-electron chi connectivity index (χ1n) is 7.85.